The average Bonchev–Trinajstić information content (AvgIpc) is 2.71. The van der Waals surface area contributed by atoms with Crippen molar-refractivity contribution in [1.29, 1.82) is 0 Å². The topological polar surface area (TPSA) is 52.0 Å². The fourth-order valence-electron chi connectivity index (χ4n) is 1.30. The molecule has 1 N–H and O–H groups in total. The monoisotopic (exact) mass is 238 g/mol. The molecule has 0 unspecified atom stereocenters. The number of hydrogen-bond acceptors (Lipinski definition) is 4. The van der Waals surface area contributed by atoms with Gasteiger partial charge in [0.15, 0.2) is 5.15 Å². The van der Waals surface area contributed by atoms with E-state index in [-0.39, 0.29) is 0 Å². The minimum atomic E-state index is 0.422. The van der Waals surface area contributed by atoms with Crippen LogP contribution in [0.1, 0.15) is 0 Å². The van der Waals surface area contributed by atoms with Crippen molar-refractivity contribution in [1.82, 2.24) is 14.8 Å². The van der Waals surface area contributed by atoms with Gasteiger partial charge in [-0.05, 0) is 0 Å². The van der Waals surface area contributed by atoms with Gasteiger partial charge in [0.25, 0.3) is 0 Å². The third-order valence-corrected chi connectivity index (χ3v) is 2.42. The molecular formula is C10H11ClN4O. The zero-order valence-electron chi connectivity index (χ0n) is 8.94. The van der Waals surface area contributed by atoms with Crippen LogP contribution in [0.15, 0.2) is 24.7 Å². The molecule has 0 fully saturated rings. The molecule has 0 aliphatic rings. The van der Waals surface area contributed by atoms with Crippen molar-refractivity contribution >= 4 is 17.3 Å². The number of anilines is 1. The van der Waals surface area contributed by atoms with Crippen molar-refractivity contribution in [3.05, 3.63) is 29.8 Å². The van der Waals surface area contributed by atoms with E-state index in [4.69, 9.17) is 16.3 Å². The van der Waals surface area contributed by atoms with Crippen LogP contribution in [-0.2, 0) is 0 Å². The molecule has 2 heterocycles. The summed E-state index contributed by atoms with van der Waals surface area (Å²) in [6, 6.07) is 1.83. The molecule has 0 aliphatic heterocycles. The van der Waals surface area contributed by atoms with Crippen LogP contribution in [0.25, 0.3) is 5.69 Å². The quantitative estimate of drug-likeness (QED) is 0.888. The summed E-state index contributed by atoms with van der Waals surface area (Å²) in [7, 11) is 3.38. The second kappa shape index (κ2) is 4.40. The highest BCUT2D eigenvalue weighted by Crippen LogP contribution is 2.22. The molecule has 0 saturated carbocycles. The van der Waals surface area contributed by atoms with Gasteiger partial charge in [-0.1, -0.05) is 11.6 Å². The predicted octanol–water partition coefficient (Wildman–Crippen LogP) is 1.97. The van der Waals surface area contributed by atoms with Gasteiger partial charge in [-0.25, -0.2) is 4.68 Å². The molecule has 0 atom stereocenters. The third kappa shape index (κ3) is 1.94. The van der Waals surface area contributed by atoms with Gasteiger partial charge in [-0.15, -0.1) is 0 Å². The van der Waals surface area contributed by atoms with Crippen molar-refractivity contribution in [2.75, 3.05) is 19.5 Å². The Labute approximate surface area is 98.0 Å². The summed E-state index contributed by atoms with van der Waals surface area (Å²) in [6.07, 6.45) is 5.11. The molecule has 16 heavy (non-hydrogen) atoms. The largest absolute Gasteiger partial charge is 0.495 e. The highest BCUT2D eigenvalue weighted by molar-refractivity contribution is 6.31. The number of halogens is 1. The first kappa shape index (κ1) is 10.8. The minimum absolute atomic E-state index is 0.422. The molecule has 2 aromatic heterocycles. The van der Waals surface area contributed by atoms with Crippen LogP contribution < -0.4 is 10.1 Å². The summed E-state index contributed by atoms with van der Waals surface area (Å²) >= 11 is 5.92. The maximum Gasteiger partial charge on any atom is 0.174 e. The summed E-state index contributed by atoms with van der Waals surface area (Å²) < 4.78 is 6.73. The van der Waals surface area contributed by atoms with Crippen LogP contribution in [0.4, 0.5) is 5.69 Å². The fourth-order valence-corrected chi connectivity index (χ4v) is 1.52. The van der Waals surface area contributed by atoms with Crippen LogP contribution in [0.2, 0.25) is 5.15 Å². The lowest BCUT2D eigenvalue weighted by Gasteiger charge is -2.02. The molecule has 0 bridgehead atoms. The smallest absolute Gasteiger partial charge is 0.174 e. The average molecular weight is 239 g/mol. The van der Waals surface area contributed by atoms with E-state index >= 15 is 0 Å². The number of pyridine rings is 1. The lowest BCUT2D eigenvalue weighted by molar-refractivity contribution is 0.412. The maximum absolute atomic E-state index is 5.92. The molecule has 2 aromatic rings. The Morgan fingerprint density at radius 1 is 1.44 bits per heavy atom. The zero-order chi connectivity index (χ0) is 11.5. The minimum Gasteiger partial charge on any atom is -0.495 e. The number of methoxy groups -OCH3 is 1. The van der Waals surface area contributed by atoms with Gasteiger partial charge in [-0.2, -0.15) is 5.10 Å². The summed E-state index contributed by atoms with van der Waals surface area (Å²) in [5, 5.41) is 7.52. The predicted molar refractivity (Wildman–Crippen MR) is 62.5 cm³/mol. The Kier molecular flexibility index (Phi) is 2.96. The van der Waals surface area contributed by atoms with E-state index in [1.165, 1.54) is 0 Å². The molecule has 5 nitrogen and oxygen atoms in total. The lowest BCUT2D eigenvalue weighted by Crippen LogP contribution is -1.96. The molecular weight excluding hydrogens is 228 g/mol. The Morgan fingerprint density at radius 3 is 2.88 bits per heavy atom. The van der Waals surface area contributed by atoms with Crippen LogP contribution >= 0.6 is 11.6 Å². The fraction of sp³-hybridized carbons (Fsp3) is 0.200. The first-order valence-electron chi connectivity index (χ1n) is 4.67. The van der Waals surface area contributed by atoms with E-state index in [0.29, 0.717) is 10.9 Å². The van der Waals surface area contributed by atoms with Gasteiger partial charge in [0.05, 0.1) is 37.1 Å². The number of hydrogen-bond donors (Lipinski definition) is 1. The van der Waals surface area contributed by atoms with Crippen LogP contribution in [0.3, 0.4) is 0 Å². The highest BCUT2D eigenvalue weighted by Gasteiger charge is 2.07. The summed E-state index contributed by atoms with van der Waals surface area (Å²) in [5.74, 6) is 0.676. The molecule has 6 heteroatoms. The SMILES string of the molecule is CNc1cn(-c2cncc(OC)c2)nc1Cl. The zero-order valence-corrected chi connectivity index (χ0v) is 9.69. The van der Waals surface area contributed by atoms with Gasteiger partial charge >= 0.3 is 0 Å². The number of nitrogens with zero attached hydrogens (tertiary/aromatic N) is 3. The summed E-state index contributed by atoms with van der Waals surface area (Å²) in [6.45, 7) is 0. The lowest BCUT2D eigenvalue weighted by atomic mass is 10.4. The number of rotatable bonds is 3. The van der Waals surface area contributed by atoms with Crippen molar-refractivity contribution < 1.29 is 4.74 Å². The number of nitrogens with one attached hydrogen (secondary N) is 1. The second-order valence-electron chi connectivity index (χ2n) is 3.11. The standard InChI is InChI=1S/C10H11ClN4O/c1-12-9-6-15(14-10(9)11)7-3-8(16-2)5-13-4-7/h3-6,12H,1-2H3. The Balaban J connectivity index is 2.41. The van der Waals surface area contributed by atoms with Gasteiger partial charge in [0, 0.05) is 13.1 Å². The van der Waals surface area contributed by atoms with Crippen molar-refractivity contribution in [2.45, 2.75) is 0 Å². The van der Waals surface area contributed by atoms with E-state index in [1.54, 1.807) is 37.4 Å². The van der Waals surface area contributed by atoms with Crippen molar-refractivity contribution in [3.8, 4) is 11.4 Å². The molecule has 0 spiro atoms. The van der Waals surface area contributed by atoms with Gasteiger partial charge in [0.2, 0.25) is 0 Å². The maximum atomic E-state index is 5.92. The Bertz CT molecular complexity index is 497. The summed E-state index contributed by atoms with van der Waals surface area (Å²) in [4.78, 5) is 4.05. The third-order valence-electron chi connectivity index (χ3n) is 2.14. The first-order chi connectivity index (χ1) is 7.74. The van der Waals surface area contributed by atoms with E-state index < -0.39 is 0 Å². The van der Waals surface area contributed by atoms with E-state index in [1.807, 2.05) is 6.07 Å². The molecule has 0 radical (unpaired) electrons. The molecule has 2 rings (SSSR count). The Morgan fingerprint density at radius 2 is 2.25 bits per heavy atom. The van der Waals surface area contributed by atoms with E-state index in [0.717, 1.165) is 11.4 Å². The molecule has 0 saturated heterocycles. The van der Waals surface area contributed by atoms with Crippen LogP contribution in [0.5, 0.6) is 5.75 Å². The van der Waals surface area contributed by atoms with Crippen LogP contribution in [-0.4, -0.2) is 28.9 Å². The molecule has 0 aliphatic carbocycles. The first-order valence-corrected chi connectivity index (χ1v) is 5.04. The number of ether oxygens (including phenoxy) is 1. The molecule has 0 amide bonds. The van der Waals surface area contributed by atoms with Gasteiger partial charge < -0.3 is 10.1 Å². The van der Waals surface area contributed by atoms with Crippen molar-refractivity contribution in [2.24, 2.45) is 0 Å². The van der Waals surface area contributed by atoms with E-state index in [9.17, 15) is 0 Å². The van der Waals surface area contributed by atoms with Gasteiger partial charge in [0.1, 0.15) is 5.75 Å². The van der Waals surface area contributed by atoms with Gasteiger partial charge in [-0.3, -0.25) is 4.98 Å². The normalized spacial score (nSPS) is 10.2. The molecule has 84 valence electrons. The highest BCUT2D eigenvalue weighted by atomic mass is 35.5. The van der Waals surface area contributed by atoms with Crippen molar-refractivity contribution in [3.63, 3.8) is 0 Å². The number of aromatic nitrogens is 3. The van der Waals surface area contributed by atoms with E-state index in [2.05, 4.69) is 15.4 Å². The second-order valence-corrected chi connectivity index (χ2v) is 3.47. The summed E-state index contributed by atoms with van der Waals surface area (Å²) in [5.41, 5.74) is 1.56. The Hall–Kier alpha value is -1.75. The molecule has 0 aromatic carbocycles. The van der Waals surface area contributed by atoms with Crippen LogP contribution in [0, 0.1) is 0 Å².